The van der Waals surface area contributed by atoms with Gasteiger partial charge in [-0.05, 0) is 13.3 Å². The third-order valence-electron chi connectivity index (χ3n) is 3.01. The molecule has 1 aliphatic heterocycles. The van der Waals surface area contributed by atoms with Crippen molar-refractivity contribution in [2.75, 3.05) is 40.0 Å². The van der Waals surface area contributed by atoms with Gasteiger partial charge >= 0.3 is 0 Å². The highest BCUT2D eigenvalue weighted by Gasteiger charge is 2.40. The molecule has 2 unspecified atom stereocenters. The number of rotatable bonds is 7. The van der Waals surface area contributed by atoms with Gasteiger partial charge in [-0.1, -0.05) is 13.3 Å². The largest absolute Gasteiger partial charge is 0.382 e. The lowest BCUT2D eigenvalue weighted by atomic mass is 9.91. The molecule has 0 bridgehead atoms. The van der Waals surface area contributed by atoms with Crippen molar-refractivity contribution in [3.05, 3.63) is 0 Å². The summed E-state index contributed by atoms with van der Waals surface area (Å²) in [6.07, 6.45) is 2.14. The van der Waals surface area contributed by atoms with E-state index in [2.05, 4.69) is 12.2 Å². The quantitative estimate of drug-likeness (QED) is 0.714. The van der Waals surface area contributed by atoms with Crippen molar-refractivity contribution in [3.8, 4) is 0 Å². The maximum absolute atomic E-state index is 5.96. The molecule has 0 radical (unpaired) electrons. The second-order valence-corrected chi connectivity index (χ2v) is 4.24. The van der Waals surface area contributed by atoms with Gasteiger partial charge in [0.05, 0.1) is 13.2 Å². The summed E-state index contributed by atoms with van der Waals surface area (Å²) in [5.74, 6) is 0. The number of ether oxygens (including phenoxy) is 3. The summed E-state index contributed by atoms with van der Waals surface area (Å²) < 4.78 is 17.1. The van der Waals surface area contributed by atoms with Gasteiger partial charge in [0.15, 0.2) is 0 Å². The molecule has 1 aliphatic rings. The van der Waals surface area contributed by atoms with Gasteiger partial charge in [-0.15, -0.1) is 0 Å². The first-order chi connectivity index (χ1) is 7.79. The van der Waals surface area contributed by atoms with Gasteiger partial charge in [0.2, 0.25) is 0 Å². The van der Waals surface area contributed by atoms with Crippen molar-refractivity contribution in [1.82, 2.24) is 5.32 Å². The van der Waals surface area contributed by atoms with Gasteiger partial charge < -0.3 is 19.5 Å². The second-order valence-electron chi connectivity index (χ2n) is 4.24. The number of hydrogen-bond donors (Lipinski definition) is 1. The Balaban J connectivity index is 2.70. The van der Waals surface area contributed by atoms with Crippen LogP contribution < -0.4 is 5.32 Å². The molecule has 1 fully saturated rings. The van der Waals surface area contributed by atoms with Crippen LogP contribution in [-0.4, -0.2) is 51.7 Å². The SMILES string of the molecule is CCCC(COC)(OCC)C1CNCCO1. The Kier molecular flexibility index (Phi) is 6.28. The van der Waals surface area contributed by atoms with Crippen LogP contribution in [0, 0.1) is 0 Å². The lowest BCUT2D eigenvalue weighted by Crippen LogP contribution is -2.57. The molecule has 0 spiro atoms. The molecular weight excluding hydrogens is 206 g/mol. The average molecular weight is 231 g/mol. The third kappa shape index (κ3) is 3.42. The zero-order valence-corrected chi connectivity index (χ0v) is 10.8. The van der Waals surface area contributed by atoms with Crippen molar-refractivity contribution in [2.45, 2.75) is 38.4 Å². The van der Waals surface area contributed by atoms with E-state index >= 15 is 0 Å². The first-order valence-electron chi connectivity index (χ1n) is 6.24. The summed E-state index contributed by atoms with van der Waals surface area (Å²) in [5, 5.41) is 3.35. The van der Waals surface area contributed by atoms with Crippen LogP contribution in [0.25, 0.3) is 0 Å². The Morgan fingerprint density at radius 3 is 2.75 bits per heavy atom. The topological polar surface area (TPSA) is 39.7 Å². The monoisotopic (exact) mass is 231 g/mol. The minimum Gasteiger partial charge on any atom is -0.382 e. The molecule has 1 N–H and O–H groups in total. The minimum absolute atomic E-state index is 0.0982. The molecule has 16 heavy (non-hydrogen) atoms. The Morgan fingerprint density at radius 1 is 1.44 bits per heavy atom. The summed E-state index contributed by atoms with van der Waals surface area (Å²) in [4.78, 5) is 0. The summed E-state index contributed by atoms with van der Waals surface area (Å²) in [5.41, 5.74) is -0.286. The lowest BCUT2D eigenvalue weighted by Gasteiger charge is -2.41. The maximum Gasteiger partial charge on any atom is 0.119 e. The van der Waals surface area contributed by atoms with E-state index in [1.807, 2.05) is 6.92 Å². The van der Waals surface area contributed by atoms with E-state index in [1.54, 1.807) is 7.11 Å². The van der Waals surface area contributed by atoms with Crippen LogP contribution in [0.3, 0.4) is 0 Å². The summed E-state index contributed by atoms with van der Waals surface area (Å²) in [6, 6.07) is 0. The van der Waals surface area contributed by atoms with Crippen molar-refractivity contribution in [1.29, 1.82) is 0 Å². The molecule has 4 heteroatoms. The van der Waals surface area contributed by atoms with E-state index in [0.717, 1.165) is 32.5 Å². The molecule has 4 nitrogen and oxygen atoms in total. The van der Waals surface area contributed by atoms with Gasteiger partial charge in [0.25, 0.3) is 0 Å². The molecule has 1 heterocycles. The first-order valence-corrected chi connectivity index (χ1v) is 6.24. The molecule has 2 atom stereocenters. The average Bonchev–Trinajstić information content (AvgIpc) is 2.31. The molecule has 1 saturated heterocycles. The fraction of sp³-hybridized carbons (Fsp3) is 1.00. The molecular formula is C12H25NO3. The third-order valence-corrected chi connectivity index (χ3v) is 3.01. The fourth-order valence-corrected chi connectivity index (χ4v) is 2.39. The number of hydrogen-bond acceptors (Lipinski definition) is 4. The number of methoxy groups -OCH3 is 1. The zero-order chi connectivity index (χ0) is 11.9. The summed E-state index contributed by atoms with van der Waals surface area (Å²) in [7, 11) is 1.72. The minimum atomic E-state index is -0.286. The standard InChI is InChI=1S/C12H25NO3/c1-4-6-12(10-14-3,16-5-2)11-9-13-7-8-15-11/h11,13H,4-10H2,1-3H3. The van der Waals surface area contributed by atoms with Crippen LogP contribution >= 0.6 is 0 Å². The van der Waals surface area contributed by atoms with E-state index in [-0.39, 0.29) is 11.7 Å². The zero-order valence-electron chi connectivity index (χ0n) is 10.8. The molecule has 1 rings (SSSR count). The van der Waals surface area contributed by atoms with E-state index in [1.165, 1.54) is 0 Å². The van der Waals surface area contributed by atoms with Crippen molar-refractivity contribution < 1.29 is 14.2 Å². The Bertz CT molecular complexity index is 164. The highest BCUT2D eigenvalue weighted by Crippen LogP contribution is 2.26. The van der Waals surface area contributed by atoms with Crippen molar-refractivity contribution in [3.63, 3.8) is 0 Å². The van der Waals surface area contributed by atoms with Crippen molar-refractivity contribution >= 4 is 0 Å². The predicted octanol–water partition coefficient (Wildman–Crippen LogP) is 1.20. The Hall–Kier alpha value is -0.160. The summed E-state index contributed by atoms with van der Waals surface area (Å²) >= 11 is 0. The van der Waals surface area contributed by atoms with E-state index < -0.39 is 0 Å². The van der Waals surface area contributed by atoms with Crippen molar-refractivity contribution in [2.24, 2.45) is 0 Å². The molecule has 0 amide bonds. The smallest absolute Gasteiger partial charge is 0.119 e. The van der Waals surface area contributed by atoms with Gasteiger partial charge in [-0.3, -0.25) is 0 Å². The van der Waals surface area contributed by atoms with Crippen LogP contribution in [0.2, 0.25) is 0 Å². The van der Waals surface area contributed by atoms with Gasteiger partial charge in [-0.25, -0.2) is 0 Å². The predicted molar refractivity (Wildman–Crippen MR) is 63.8 cm³/mol. The second kappa shape index (κ2) is 7.22. The highest BCUT2D eigenvalue weighted by molar-refractivity contribution is 4.92. The van der Waals surface area contributed by atoms with Crippen LogP contribution in [0.4, 0.5) is 0 Å². The number of nitrogens with one attached hydrogen (secondary N) is 1. The summed E-state index contributed by atoms with van der Waals surface area (Å²) in [6.45, 7) is 8.02. The van der Waals surface area contributed by atoms with Crippen LogP contribution in [0.15, 0.2) is 0 Å². The molecule has 0 aromatic carbocycles. The van der Waals surface area contributed by atoms with Crippen LogP contribution in [0.5, 0.6) is 0 Å². The molecule has 0 aromatic rings. The van der Waals surface area contributed by atoms with Gasteiger partial charge in [-0.2, -0.15) is 0 Å². The molecule has 96 valence electrons. The Morgan fingerprint density at radius 2 is 2.25 bits per heavy atom. The van der Waals surface area contributed by atoms with Crippen LogP contribution in [-0.2, 0) is 14.2 Å². The Labute approximate surface area is 98.6 Å². The maximum atomic E-state index is 5.96. The van der Waals surface area contributed by atoms with E-state index in [4.69, 9.17) is 14.2 Å². The molecule has 0 aliphatic carbocycles. The van der Waals surface area contributed by atoms with E-state index in [9.17, 15) is 0 Å². The highest BCUT2D eigenvalue weighted by atomic mass is 16.6. The first kappa shape index (κ1) is 13.9. The van der Waals surface area contributed by atoms with Gasteiger partial charge in [0, 0.05) is 26.8 Å². The fourth-order valence-electron chi connectivity index (χ4n) is 2.39. The molecule has 0 aromatic heterocycles. The number of morpholine rings is 1. The lowest BCUT2D eigenvalue weighted by molar-refractivity contribution is -0.178. The van der Waals surface area contributed by atoms with E-state index in [0.29, 0.717) is 13.2 Å². The normalized spacial score (nSPS) is 25.3. The van der Waals surface area contributed by atoms with Gasteiger partial charge in [0.1, 0.15) is 11.7 Å². The molecule has 0 saturated carbocycles. The van der Waals surface area contributed by atoms with Crippen LogP contribution in [0.1, 0.15) is 26.7 Å².